The smallest absolute Gasteiger partial charge is 0.279 e. The Morgan fingerprint density at radius 1 is 1.33 bits per heavy atom. The Morgan fingerprint density at radius 2 is 2.04 bits per heavy atom. The largest absolute Gasteiger partial charge is 0.369 e. The average Bonchev–Trinajstić information content (AvgIpc) is 3.22. The molecule has 1 aromatic rings. The number of nitrogens with one attached hydrogen (secondary N) is 1. The predicted octanol–water partition coefficient (Wildman–Crippen LogP) is 0.648. The maximum Gasteiger partial charge on any atom is 0.279 e. The summed E-state index contributed by atoms with van der Waals surface area (Å²) >= 11 is 1.15. The van der Waals surface area contributed by atoms with Gasteiger partial charge in [-0.25, -0.2) is 0 Å². The highest BCUT2D eigenvalue weighted by atomic mass is 32.2. The molecule has 0 radical (unpaired) electrons. The number of nitrogens with zero attached hydrogens (tertiary/aromatic N) is 2. The van der Waals surface area contributed by atoms with Crippen molar-refractivity contribution in [1.29, 1.82) is 0 Å². The van der Waals surface area contributed by atoms with Crippen LogP contribution in [0.15, 0.2) is 24.3 Å². The first-order chi connectivity index (χ1) is 11.5. The lowest BCUT2D eigenvalue weighted by Gasteiger charge is -2.27. The number of hydrogen-bond acceptors (Lipinski definition) is 5. The quantitative estimate of drug-likeness (QED) is 0.833. The van der Waals surface area contributed by atoms with Gasteiger partial charge < -0.3 is 20.9 Å². The number of benzene rings is 1. The lowest BCUT2D eigenvalue weighted by molar-refractivity contribution is -0.132. The van der Waals surface area contributed by atoms with Gasteiger partial charge in [0.15, 0.2) is 0 Å². The minimum Gasteiger partial charge on any atom is -0.369 e. The van der Waals surface area contributed by atoms with Gasteiger partial charge in [-0.1, -0.05) is 11.8 Å². The summed E-state index contributed by atoms with van der Waals surface area (Å²) in [4.78, 5) is 38.8. The topological polar surface area (TPSA) is 95.7 Å². The van der Waals surface area contributed by atoms with E-state index in [1.165, 1.54) is 0 Å². The molecule has 2 aliphatic rings. The Bertz CT molecular complexity index is 664. The molecule has 3 rings (SSSR count). The molecule has 3 N–H and O–H groups in total. The minimum absolute atomic E-state index is 0.0377. The third-order valence-electron chi connectivity index (χ3n) is 4.55. The first-order valence-electron chi connectivity index (χ1n) is 7.80. The van der Waals surface area contributed by atoms with Crippen LogP contribution in [-0.2, 0) is 4.79 Å². The van der Waals surface area contributed by atoms with E-state index >= 15 is 0 Å². The molecule has 0 aliphatic carbocycles. The van der Waals surface area contributed by atoms with Gasteiger partial charge in [-0.3, -0.25) is 14.4 Å². The van der Waals surface area contributed by atoms with Gasteiger partial charge in [-0.15, -0.1) is 0 Å². The van der Waals surface area contributed by atoms with Gasteiger partial charge >= 0.3 is 0 Å². The fourth-order valence-corrected chi connectivity index (χ4v) is 3.84. The Morgan fingerprint density at radius 3 is 2.62 bits per heavy atom. The van der Waals surface area contributed by atoms with Crippen LogP contribution in [0.3, 0.4) is 0 Å². The van der Waals surface area contributed by atoms with Crippen LogP contribution in [0.25, 0.3) is 0 Å². The highest BCUT2D eigenvalue weighted by Gasteiger charge is 2.35. The van der Waals surface area contributed by atoms with Crippen LogP contribution >= 0.6 is 11.8 Å². The summed E-state index contributed by atoms with van der Waals surface area (Å²) in [7, 11) is 1.79. The van der Waals surface area contributed by atoms with Gasteiger partial charge in [0.2, 0.25) is 11.8 Å². The number of primary amides is 1. The number of thioether (sulfide) groups is 1. The van der Waals surface area contributed by atoms with E-state index in [9.17, 15) is 14.4 Å². The van der Waals surface area contributed by atoms with Crippen molar-refractivity contribution in [3.8, 4) is 0 Å². The van der Waals surface area contributed by atoms with Crippen molar-refractivity contribution in [3.05, 3.63) is 29.8 Å². The Balaban J connectivity index is 1.61. The Kier molecular flexibility index (Phi) is 4.66. The second-order valence-corrected chi connectivity index (χ2v) is 7.04. The second-order valence-electron chi connectivity index (χ2n) is 6.04. The third kappa shape index (κ3) is 3.33. The van der Waals surface area contributed by atoms with E-state index in [0.29, 0.717) is 11.3 Å². The van der Waals surface area contributed by atoms with Crippen LogP contribution in [0.1, 0.15) is 16.8 Å². The van der Waals surface area contributed by atoms with Gasteiger partial charge in [-0.05, 0) is 30.7 Å². The molecule has 0 aromatic heterocycles. The molecule has 0 spiro atoms. The zero-order chi connectivity index (χ0) is 17.3. The first kappa shape index (κ1) is 16.6. The summed E-state index contributed by atoms with van der Waals surface area (Å²) in [5.41, 5.74) is 6.74. The lowest BCUT2D eigenvalue weighted by Crippen LogP contribution is -2.48. The zero-order valence-electron chi connectivity index (χ0n) is 13.4. The molecule has 2 aliphatic heterocycles. The number of carbonyl (C=O) groups is 3. The van der Waals surface area contributed by atoms with E-state index in [2.05, 4.69) is 10.2 Å². The standard InChI is InChI=1S/C16H20N4O3S/c1-19(15(22)13-9-24-16(23)18-13)12-6-7-20(8-12)11-4-2-10(3-5-11)14(17)21/h2-5,12-13H,6-9H2,1H3,(H2,17,21)(H,18,23)/t12?,13-/m0/s1. The molecule has 1 aromatic carbocycles. The Labute approximate surface area is 144 Å². The SMILES string of the molecule is CN(C(=O)[C@@H]1CSC(=O)N1)C1CCN(c2ccc(C(N)=O)cc2)C1. The monoisotopic (exact) mass is 348 g/mol. The molecule has 2 heterocycles. The van der Waals surface area contributed by atoms with E-state index < -0.39 is 11.9 Å². The second kappa shape index (κ2) is 6.72. The first-order valence-corrected chi connectivity index (χ1v) is 8.79. The minimum atomic E-state index is -0.442. The summed E-state index contributed by atoms with van der Waals surface area (Å²) in [5, 5.41) is 2.56. The fraction of sp³-hybridized carbons (Fsp3) is 0.438. The van der Waals surface area contributed by atoms with Crippen LogP contribution in [0, 0.1) is 0 Å². The molecule has 8 heteroatoms. The highest BCUT2D eigenvalue weighted by Crippen LogP contribution is 2.24. The predicted molar refractivity (Wildman–Crippen MR) is 93.1 cm³/mol. The zero-order valence-corrected chi connectivity index (χ0v) is 14.2. The molecule has 2 fully saturated rings. The van der Waals surface area contributed by atoms with Crippen molar-refractivity contribution in [3.63, 3.8) is 0 Å². The number of carbonyl (C=O) groups excluding carboxylic acids is 3. The van der Waals surface area contributed by atoms with E-state index in [1.54, 1.807) is 24.1 Å². The third-order valence-corrected chi connectivity index (χ3v) is 5.43. The maximum atomic E-state index is 12.5. The molecule has 2 saturated heterocycles. The van der Waals surface area contributed by atoms with Crippen molar-refractivity contribution >= 4 is 34.5 Å². The molecule has 3 amide bonds. The van der Waals surface area contributed by atoms with E-state index in [0.717, 1.165) is 37.0 Å². The van der Waals surface area contributed by atoms with E-state index in [1.807, 2.05) is 12.1 Å². The van der Waals surface area contributed by atoms with Crippen molar-refractivity contribution in [2.45, 2.75) is 18.5 Å². The van der Waals surface area contributed by atoms with Gasteiger partial charge in [0.25, 0.3) is 5.24 Å². The summed E-state index contributed by atoms with van der Waals surface area (Å²) < 4.78 is 0. The highest BCUT2D eigenvalue weighted by molar-refractivity contribution is 8.14. The van der Waals surface area contributed by atoms with Crippen LogP contribution < -0.4 is 16.0 Å². The maximum absolute atomic E-state index is 12.5. The van der Waals surface area contributed by atoms with Gasteiger partial charge in [-0.2, -0.15) is 0 Å². The van der Waals surface area contributed by atoms with Crippen LogP contribution in [0.5, 0.6) is 0 Å². The molecular weight excluding hydrogens is 328 g/mol. The normalized spacial score (nSPS) is 23.2. The average molecular weight is 348 g/mol. The van der Waals surface area contributed by atoms with Crippen molar-refractivity contribution in [1.82, 2.24) is 10.2 Å². The number of hydrogen-bond donors (Lipinski definition) is 2. The molecule has 0 bridgehead atoms. The van der Waals surface area contributed by atoms with Crippen molar-refractivity contribution < 1.29 is 14.4 Å². The van der Waals surface area contributed by atoms with E-state index in [4.69, 9.17) is 5.73 Å². The molecule has 128 valence electrons. The van der Waals surface area contributed by atoms with Crippen LogP contribution in [-0.4, -0.2) is 59.9 Å². The van der Waals surface area contributed by atoms with Crippen molar-refractivity contribution in [2.75, 3.05) is 30.8 Å². The molecular formula is C16H20N4O3S. The van der Waals surface area contributed by atoms with E-state index in [-0.39, 0.29) is 17.2 Å². The molecule has 24 heavy (non-hydrogen) atoms. The molecule has 7 nitrogen and oxygen atoms in total. The number of nitrogens with two attached hydrogens (primary N) is 1. The Hall–Kier alpha value is -2.22. The number of anilines is 1. The molecule has 2 atom stereocenters. The van der Waals surface area contributed by atoms with Crippen LogP contribution in [0.2, 0.25) is 0 Å². The lowest BCUT2D eigenvalue weighted by atomic mass is 10.2. The fourth-order valence-electron chi connectivity index (χ4n) is 3.07. The molecule has 1 unspecified atom stereocenters. The van der Waals surface area contributed by atoms with Gasteiger partial charge in [0.1, 0.15) is 6.04 Å². The number of likely N-dealkylation sites (N-methyl/N-ethyl adjacent to an activating group) is 1. The molecule has 0 saturated carbocycles. The van der Waals surface area contributed by atoms with Crippen LogP contribution in [0.4, 0.5) is 10.5 Å². The summed E-state index contributed by atoms with van der Waals surface area (Å²) in [5.74, 6) is 0.0134. The number of amides is 3. The summed E-state index contributed by atoms with van der Waals surface area (Å²) in [6.45, 7) is 1.57. The van der Waals surface area contributed by atoms with Gasteiger partial charge in [0, 0.05) is 37.1 Å². The summed E-state index contributed by atoms with van der Waals surface area (Å²) in [6.07, 6.45) is 0.869. The van der Waals surface area contributed by atoms with Crippen molar-refractivity contribution in [2.24, 2.45) is 5.73 Å². The number of rotatable bonds is 4. The van der Waals surface area contributed by atoms with Gasteiger partial charge in [0.05, 0.1) is 6.04 Å². The summed E-state index contributed by atoms with van der Waals surface area (Å²) in [6, 6.07) is 6.86.